The lowest BCUT2D eigenvalue weighted by atomic mass is 9.75. The maximum Gasteiger partial charge on any atom is 0.494 e. The molecule has 2 N–H and O–H groups in total. The van der Waals surface area contributed by atoms with Crippen molar-refractivity contribution in [2.75, 3.05) is 0 Å². The van der Waals surface area contributed by atoms with Gasteiger partial charge in [0.25, 0.3) is 0 Å². The largest absolute Gasteiger partial charge is 0.507 e. The van der Waals surface area contributed by atoms with Crippen LogP contribution in [-0.4, -0.2) is 28.5 Å². The number of rotatable bonds is 5. The Hall–Kier alpha value is -1.50. The van der Waals surface area contributed by atoms with Crippen LogP contribution >= 0.6 is 15.9 Å². The summed E-state index contributed by atoms with van der Waals surface area (Å²) in [5, 5.41) is 20.6. The van der Waals surface area contributed by atoms with Crippen molar-refractivity contribution in [1.29, 1.82) is 0 Å². The van der Waals surface area contributed by atoms with Crippen molar-refractivity contribution in [3.05, 3.63) is 51.0 Å². The molecule has 6 heteroatoms. The first-order valence-electron chi connectivity index (χ1n) is 13.1. The summed E-state index contributed by atoms with van der Waals surface area (Å²) in [4.78, 5) is 0. The van der Waals surface area contributed by atoms with E-state index < -0.39 is 0 Å². The molecule has 0 atom stereocenters. The monoisotopic (exact) mass is 576 g/mol. The average molecular weight is 577 g/mol. The molecule has 0 bridgehead atoms. The standard InChI is InChI=1S/C18H29BO3.C12H17BrO.CH4/c1-11(2)14-9-13(10-15(12(3)4)16(14)20)19-21-17(5,6)18(7,8)22-19;1-7(2)10-5-9(13)6-11(8(3)4)12(10)14;/h9-12,20H,1-8H3;5-8,14H,1-4H3;1H4. The van der Waals surface area contributed by atoms with Gasteiger partial charge < -0.3 is 19.5 Å². The van der Waals surface area contributed by atoms with Crippen molar-refractivity contribution in [2.24, 2.45) is 0 Å². The first kappa shape index (κ1) is 33.5. The van der Waals surface area contributed by atoms with Gasteiger partial charge in [-0.05, 0) is 91.2 Å². The molecule has 1 fully saturated rings. The number of phenolic OH excluding ortho intramolecular Hbond substituents is 2. The summed E-state index contributed by atoms with van der Waals surface area (Å²) < 4.78 is 13.4. The van der Waals surface area contributed by atoms with Crippen LogP contribution in [0.4, 0.5) is 0 Å². The van der Waals surface area contributed by atoms with Crippen LogP contribution in [0.3, 0.4) is 0 Å². The van der Waals surface area contributed by atoms with Gasteiger partial charge in [-0.2, -0.15) is 0 Å². The van der Waals surface area contributed by atoms with Gasteiger partial charge in [0.15, 0.2) is 0 Å². The summed E-state index contributed by atoms with van der Waals surface area (Å²) in [5.74, 6) is 2.07. The van der Waals surface area contributed by atoms with Crippen molar-refractivity contribution in [3.63, 3.8) is 0 Å². The van der Waals surface area contributed by atoms with Crippen LogP contribution in [0, 0.1) is 0 Å². The number of halogens is 1. The lowest BCUT2D eigenvalue weighted by Gasteiger charge is -2.32. The maximum atomic E-state index is 10.5. The lowest BCUT2D eigenvalue weighted by molar-refractivity contribution is 0.00578. The molecule has 4 nitrogen and oxygen atoms in total. The van der Waals surface area contributed by atoms with Gasteiger partial charge in [-0.25, -0.2) is 0 Å². The minimum atomic E-state index is -0.388. The third-order valence-electron chi connectivity index (χ3n) is 7.34. The summed E-state index contributed by atoms with van der Waals surface area (Å²) in [7, 11) is -0.388. The lowest BCUT2D eigenvalue weighted by Crippen LogP contribution is -2.41. The van der Waals surface area contributed by atoms with Crippen LogP contribution < -0.4 is 5.46 Å². The quantitative estimate of drug-likeness (QED) is 0.349. The van der Waals surface area contributed by atoms with Crippen LogP contribution in [0.2, 0.25) is 0 Å². The van der Waals surface area contributed by atoms with Crippen LogP contribution in [0.15, 0.2) is 28.7 Å². The van der Waals surface area contributed by atoms with Gasteiger partial charge in [0.05, 0.1) is 11.2 Å². The molecule has 1 saturated heterocycles. The molecule has 208 valence electrons. The Labute approximate surface area is 235 Å². The molecule has 2 aromatic carbocycles. The van der Waals surface area contributed by atoms with Crippen LogP contribution in [-0.2, 0) is 9.31 Å². The van der Waals surface area contributed by atoms with Crippen LogP contribution in [0.1, 0.15) is 136 Å². The normalized spacial score (nSPS) is 16.3. The highest BCUT2D eigenvalue weighted by atomic mass is 79.9. The highest BCUT2D eigenvalue weighted by Crippen LogP contribution is 2.39. The summed E-state index contributed by atoms with van der Waals surface area (Å²) in [6.07, 6.45) is 0. The highest BCUT2D eigenvalue weighted by Gasteiger charge is 2.52. The zero-order valence-corrected chi connectivity index (χ0v) is 25.9. The number of hydrogen-bond donors (Lipinski definition) is 2. The third kappa shape index (κ3) is 7.55. The Bertz CT molecular complexity index is 983. The topological polar surface area (TPSA) is 58.9 Å². The van der Waals surface area contributed by atoms with E-state index in [1.807, 2.05) is 24.3 Å². The maximum absolute atomic E-state index is 10.5. The van der Waals surface area contributed by atoms with E-state index in [-0.39, 0.29) is 37.6 Å². The SMILES string of the molecule is C.CC(C)c1cc(B2OC(C)(C)C(C)(C)O2)cc(C(C)C)c1O.CC(C)c1cc(Br)cc(C(C)C)c1O. The molecule has 0 aliphatic carbocycles. The Morgan fingerprint density at radius 3 is 1.16 bits per heavy atom. The molecule has 1 aliphatic rings. The van der Waals surface area contributed by atoms with Gasteiger partial charge >= 0.3 is 7.12 Å². The number of phenols is 2. The number of benzene rings is 2. The smallest absolute Gasteiger partial charge is 0.494 e. The third-order valence-corrected chi connectivity index (χ3v) is 7.80. The van der Waals surface area contributed by atoms with Gasteiger partial charge in [0, 0.05) is 4.47 Å². The summed E-state index contributed by atoms with van der Waals surface area (Å²) in [6, 6.07) is 8.03. The second-order valence-electron chi connectivity index (χ2n) is 12.2. The van der Waals surface area contributed by atoms with E-state index in [1.54, 1.807) is 0 Å². The van der Waals surface area contributed by atoms with Crippen molar-refractivity contribution >= 4 is 28.5 Å². The molecule has 37 heavy (non-hydrogen) atoms. The Morgan fingerprint density at radius 1 is 0.622 bits per heavy atom. The molecule has 0 spiro atoms. The zero-order chi connectivity index (χ0) is 27.7. The summed E-state index contributed by atoms with van der Waals surface area (Å²) in [5.41, 5.74) is 4.22. The first-order chi connectivity index (χ1) is 16.4. The van der Waals surface area contributed by atoms with E-state index in [2.05, 4.69) is 99.0 Å². The first-order valence-corrected chi connectivity index (χ1v) is 13.9. The van der Waals surface area contributed by atoms with Crippen LogP contribution in [0.25, 0.3) is 0 Å². The van der Waals surface area contributed by atoms with Gasteiger partial charge in [-0.3, -0.25) is 0 Å². The fraction of sp³-hybridized carbons (Fsp3) is 0.613. The van der Waals surface area contributed by atoms with E-state index in [0.29, 0.717) is 23.3 Å². The molecule has 0 unspecified atom stereocenters. The van der Waals surface area contributed by atoms with Gasteiger partial charge in [-0.15, -0.1) is 0 Å². The highest BCUT2D eigenvalue weighted by molar-refractivity contribution is 9.10. The molecule has 1 aliphatic heterocycles. The molecular weight excluding hydrogens is 527 g/mol. The minimum absolute atomic E-state index is 0. The van der Waals surface area contributed by atoms with Crippen molar-refractivity contribution in [2.45, 2.75) is 125 Å². The summed E-state index contributed by atoms with van der Waals surface area (Å²) >= 11 is 3.47. The molecular formula is C31H50BBrO4. The summed E-state index contributed by atoms with van der Waals surface area (Å²) in [6.45, 7) is 24.9. The predicted octanol–water partition coefficient (Wildman–Crippen LogP) is 8.98. The number of hydrogen-bond acceptors (Lipinski definition) is 4. The molecule has 0 aromatic heterocycles. The Balaban J connectivity index is 0.000000396. The van der Waals surface area contributed by atoms with E-state index in [4.69, 9.17) is 9.31 Å². The molecule has 0 radical (unpaired) electrons. The fourth-order valence-corrected chi connectivity index (χ4v) is 4.72. The van der Waals surface area contributed by atoms with E-state index in [0.717, 1.165) is 32.2 Å². The van der Waals surface area contributed by atoms with E-state index >= 15 is 0 Å². The molecule has 2 aromatic rings. The van der Waals surface area contributed by atoms with Crippen molar-refractivity contribution < 1.29 is 19.5 Å². The Morgan fingerprint density at radius 2 is 0.892 bits per heavy atom. The predicted molar refractivity (Wildman–Crippen MR) is 163 cm³/mol. The second-order valence-corrected chi connectivity index (χ2v) is 13.1. The van der Waals surface area contributed by atoms with E-state index in [1.165, 1.54) is 0 Å². The van der Waals surface area contributed by atoms with E-state index in [9.17, 15) is 10.2 Å². The van der Waals surface area contributed by atoms with Gasteiger partial charge in [-0.1, -0.05) is 90.9 Å². The number of aromatic hydroxyl groups is 2. The molecule has 0 amide bonds. The van der Waals surface area contributed by atoms with Gasteiger partial charge in [0.1, 0.15) is 11.5 Å². The zero-order valence-electron chi connectivity index (χ0n) is 24.3. The molecule has 1 heterocycles. The molecule has 3 rings (SSSR count). The second kappa shape index (κ2) is 12.6. The Kier molecular flexibility index (Phi) is 11.4. The average Bonchev–Trinajstić information content (AvgIpc) is 2.96. The fourth-order valence-electron chi connectivity index (χ4n) is 4.22. The minimum Gasteiger partial charge on any atom is -0.507 e. The molecule has 0 saturated carbocycles. The van der Waals surface area contributed by atoms with Crippen molar-refractivity contribution in [3.8, 4) is 11.5 Å². The van der Waals surface area contributed by atoms with Gasteiger partial charge in [0.2, 0.25) is 0 Å². The van der Waals surface area contributed by atoms with Crippen molar-refractivity contribution in [1.82, 2.24) is 0 Å². The van der Waals surface area contributed by atoms with Crippen LogP contribution in [0.5, 0.6) is 11.5 Å².